The smallest absolute Gasteiger partial charge is 0.419 e. The van der Waals surface area contributed by atoms with Crippen molar-refractivity contribution in [2.24, 2.45) is 0 Å². The van der Waals surface area contributed by atoms with Gasteiger partial charge in [0.05, 0.1) is 5.69 Å². The largest absolute Gasteiger partial charge is 0.465 e. The highest BCUT2D eigenvalue weighted by Crippen LogP contribution is 2.23. The molecule has 0 spiro atoms. The highest BCUT2D eigenvalue weighted by molar-refractivity contribution is 6.30. The second-order valence-corrected chi connectivity index (χ2v) is 5.37. The molecular weight excluding hydrogens is 332 g/mol. The molecule has 1 N–H and O–H groups in total. The van der Waals surface area contributed by atoms with Crippen LogP contribution in [0.2, 0.25) is 5.02 Å². The maximum absolute atomic E-state index is 12.4. The fourth-order valence-electron chi connectivity index (χ4n) is 2.08. The summed E-state index contributed by atoms with van der Waals surface area (Å²) in [6, 6.07) is 13.2. The van der Waals surface area contributed by atoms with Crippen LogP contribution in [0.1, 0.15) is 6.92 Å². The summed E-state index contributed by atoms with van der Waals surface area (Å²) in [5.41, 5.74) is 1.02. The number of hydrogen-bond donors (Lipinski definition) is 1. The molecule has 0 aromatic heterocycles. The van der Waals surface area contributed by atoms with E-state index in [2.05, 4.69) is 0 Å². The summed E-state index contributed by atoms with van der Waals surface area (Å²) in [5.74, 6) is 0.256. The Balaban J connectivity index is 2.19. The molecule has 0 atom stereocenters. The van der Waals surface area contributed by atoms with Gasteiger partial charge in [-0.2, -0.15) is 0 Å². The predicted octanol–water partition coefficient (Wildman–Crippen LogP) is 4.48. The molecule has 0 radical (unpaired) electrons. The van der Waals surface area contributed by atoms with Gasteiger partial charge in [-0.05, 0) is 37.3 Å². The first kappa shape index (κ1) is 17.6. The Kier molecular flexibility index (Phi) is 5.65. The summed E-state index contributed by atoms with van der Waals surface area (Å²) >= 11 is 5.96. The maximum Gasteiger partial charge on any atom is 0.419 e. The average molecular weight is 349 g/mol. The van der Waals surface area contributed by atoms with Crippen LogP contribution in [0.25, 0.3) is 0 Å². The predicted molar refractivity (Wildman–Crippen MR) is 93.4 cm³/mol. The van der Waals surface area contributed by atoms with Crippen molar-refractivity contribution in [1.82, 2.24) is 0 Å². The van der Waals surface area contributed by atoms with Crippen LogP contribution >= 0.6 is 11.6 Å². The zero-order valence-corrected chi connectivity index (χ0v) is 14.0. The van der Waals surface area contributed by atoms with Crippen LogP contribution in [-0.4, -0.2) is 30.9 Å². The summed E-state index contributed by atoms with van der Waals surface area (Å²) in [5, 5.41) is 9.52. The molecule has 0 saturated heterocycles. The quantitative estimate of drug-likeness (QED) is 0.884. The number of halogens is 1. The Morgan fingerprint density at radius 2 is 1.79 bits per heavy atom. The molecule has 6 nitrogen and oxygen atoms in total. The summed E-state index contributed by atoms with van der Waals surface area (Å²) < 4.78 is 5.36. The molecule has 0 aliphatic heterocycles. The van der Waals surface area contributed by atoms with Gasteiger partial charge in [0.2, 0.25) is 0 Å². The molecule has 0 unspecified atom stereocenters. The summed E-state index contributed by atoms with van der Waals surface area (Å²) in [6.07, 6.45) is -1.68. The Morgan fingerprint density at radius 1 is 1.12 bits per heavy atom. The molecule has 2 aromatic carbocycles. The highest BCUT2D eigenvalue weighted by Gasteiger charge is 2.17. The van der Waals surface area contributed by atoms with Crippen molar-refractivity contribution in [3.8, 4) is 5.75 Å². The van der Waals surface area contributed by atoms with Crippen molar-refractivity contribution in [3.05, 3.63) is 53.6 Å². The van der Waals surface area contributed by atoms with E-state index in [0.29, 0.717) is 22.9 Å². The number of anilines is 2. The number of nitrogens with zero attached hydrogens (tertiary/aromatic N) is 2. The van der Waals surface area contributed by atoms with Gasteiger partial charge in [0, 0.05) is 30.4 Å². The zero-order valence-electron chi connectivity index (χ0n) is 13.3. The van der Waals surface area contributed by atoms with Gasteiger partial charge in [-0.25, -0.2) is 9.59 Å². The Hall–Kier alpha value is -2.73. The van der Waals surface area contributed by atoms with E-state index in [4.69, 9.17) is 21.4 Å². The molecule has 126 valence electrons. The van der Waals surface area contributed by atoms with E-state index in [0.717, 1.165) is 4.90 Å². The van der Waals surface area contributed by atoms with E-state index in [1.165, 1.54) is 18.0 Å². The number of rotatable bonds is 4. The SMILES string of the molecule is CCN(C(=O)Oc1cccc(N(C)C(=O)O)c1)c1cccc(Cl)c1. The van der Waals surface area contributed by atoms with Crippen LogP contribution in [0.4, 0.5) is 21.0 Å². The molecule has 0 fully saturated rings. The molecule has 2 rings (SSSR count). The van der Waals surface area contributed by atoms with Gasteiger partial charge in [-0.1, -0.05) is 23.7 Å². The molecule has 0 saturated carbocycles. The molecule has 24 heavy (non-hydrogen) atoms. The average Bonchev–Trinajstić information content (AvgIpc) is 2.55. The van der Waals surface area contributed by atoms with Crippen LogP contribution < -0.4 is 14.5 Å². The molecule has 2 amide bonds. The number of hydrogen-bond acceptors (Lipinski definition) is 3. The van der Waals surface area contributed by atoms with Gasteiger partial charge in [0.15, 0.2) is 0 Å². The fourth-order valence-corrected chi connectivity index (χ4v) is 2.27. The third kappa shape index (κ3) is 4.17. The third-order valence-corrected chi connectivity index (χ3v) is 3.59. The molecule has 0 bridgehead atoms. The van der Waals surface area contributed by atoms with E-state index in [9.17, 15) is 9.59 Å². The van der Waals surface area contributed by atoms with E-state index < -0.39 is 12.2 Å². The molecular formula is C17H17ClN2O4. The number of ether oxygens (including phenoxy) is 1. The van der Waals surface area contributed by atoms with E-state index in [1.54, 1.807) is 42.5 Å². The van der Waals surface area contributed by atoms with Crippen LogP contribution in [0.3, 0.4) is 0 Å². The highest BCUT2D eigenvalue weighted by atomic mass is 35.5. The monoisotopic (exact) mass is 348 g/mol. The van der Waals surface area contributed by atoms with Crippen molar-refractivity contribution in [2.45, 2.75) is 6.92 Å². The number of amides is 2. The van der Waals surface area contributed by atoms with Crippen LogP contribution in [0, 0.1) is 0 Å². The van der Waals surface area contributed by atoms with Gasteiger partial charge in [-0.15, -0.1) is 0 Å². The lowest BCUT2D eigenvalue weighted by atomic mass is 10.3. The van der Waals surface area contributed by atoms with Crippen molar-refractivity contribution >= 4 is 35.2 Å². The Bertz CT molecular complexity index is 751. The standard InChI is InChI=1S/C17H17ClN2O4/c1-3-20(14-8-4-6-12(18)10-14)17(23)24-15-9-5-7-13(11-15)19(2)16(21)22/h4-11H,3H2,1-2H3,(H,21,22). The van der Waals surface area contributed by atoms with Crippen LogP contribution in [-0.2, 0) is 0 Å². The Morgan fingerprint density at radius 3 is 2.42 bits per heavy atom. The first-order valence-corrected chi connectivity index (χ1v) is 7.61. The minimum atomic E-state index is -1.10. The molecule has 0 heterocycles. The van der Waals surface area contributed by atoms with E-state index >= 15 is 0 Å². The number of carbonyl (C=O) groups is 2. The van der Waals surface area contributed by atoms with Crippen molar-refractivity contribution in [3.63, 3.8) is 0 Å². The third-order valence-electron chi connectivity index (χ3n) is 3.35. The van der Waals surface area contributed by atoms with Gasteiger partial charge in [0.25, 0.3) is 0 Å². The minimum Gasteiger partial charge on any atom is -0.465 e. The molecule has 2 aromatic rings. The van der Waals surface area contributed by atoms with Gasteiger partial charge < -0.3 is 9.84 Å². The number of benzene rings is 2. The minimum absolute atomic E-state index is 0.256. The Labute approximate surface area is 144 Å². The number of carboxylic acid groups (broad SMARTS) is 1. The van der Waals surface area contributed by atoms with Crippen LogP contribution in [0.5, 0.6) is 5.75 Å². The first-order chi connectivity index (χ1) is 11.4. The van der Waals surface area contributed by atoms with Gasteiger partial charge in [0.1, 0.15) is 5.75 Å². The molecule has 0 aliphatic carbocycles. The maximum atomic E-state index is 12.4. The van der Waals surface area contributed by atoms with Crippen molar-refractivity contribution in [2.75, 3.05) is 23.4 Å². The lowest BCUT2D eigenvalue weighted by Gasteiger charge is -2.21. The van der Waals surface area contributed by atoms with E-state index in [1.807, 2.05) is 6.92 Å². The van der Waals surface area contributed by atoms with Gasteiger partial charge in [-0.3, -0.25) is 9.80 Å². The van der Waals surface area contributed by atoms with Gasteiger partial charge >= 0.3 is 12.2 Å². The van der Waals surface area contributed by atoms with Crippen LogP contribution in [0.15, 0.2) is 48.5 Å². The lowest BCUT2D eigenvalue weighted by molar-refractivity contribution is 0.203. The second kappa shape index (κ2) is 7.70. The van der Waals surface area contributed by atoms with Crippen molar-refractivity contribution < 1.29 is 19.4 Å². The fraction of sp³-hybridized carbons (Fsp3) is 0.176. The van der Waals surface area contributed by atoms with Crippen molar-refractivity contribution in [1.29, 1.82) is 0 Å². The second-order valence-electron chi connectivity index (χ2n) is 4.93. The molecule has 0 aliphatic rings. The number of carbonyl (C=O) groups excluding carboxylic acids is 1. The summed E-state index contributed by atoms with van der Waals surface area (Å²) in [4.78, 5) is 25.9. The summed E-state index contributed by atoms with van der Waals surface area (Å²) in [7, 11) is 1.41. The summed E-state index contributed by atoms with van der Waals surface area (Å²) in [6.45, 7) is 2.21. The lowest BCUT2D eigenvalue weighted by Crippen LogP contribution is -2.33. The normalized spacial score (nSPS) is 10.1. The van der Waals surface area contributed by atoms with E-state index in [-0.39, 0.29) is 5.75 Å². The topological polar surface area (TPSA) is 70.1 Å². The zero-order chi connectivity index (χ0) is 17.7. The molecule has 7 heteroatoms. The first-order valence-electron chi connectivity index (χ1n) is 7.24.